The number of aliphatic hydroxyl groups is 1. The van der Waals surface area contributed by atoms with Gasteiger partial charge in [0, 0.05) is 5.56 Å². The Morgan fingerprint density at radius 1 is 1.33 bits per heavy atom. The van der Waals surface area contributed by atoms with Crippen LogP contribution in [0.4, 0.5) is 0 Å². The molecule has 3 nitrogen and oxygen atoms in total. The molecule has 84 valence electrons. The highest BCUT2D eigenvalue weighted by Crippen LogP contribution is 2.32. The fraction of sp³-hybridized carbons (Fsp3) is 0.500. The monoisotopic (exact) mass is 210 g/mol. The number of rotatable bonds is 4. The van der Waals surface area contributed by atoms with Crippen molar-refractivity contribution in [2.24, 2.45) is 0 Å². The highest BCUT2D eigenvalue weighted by Gasteiger charge is 2.12. The number of aryl methyl sites for hydroxylation is 1. The number of benzene rings is 1. The summed E-state index contributed by atoms with van der Waals surface area (Å²) in [6.07, 6.45) is -0.556. The predicted octanol–water partition coefficient (Wildman–Crippen LogP) is 2.46. The number of hydrogen-bond acceptors (Lipinski definition) is 3. The molecule has 0 bridgehead atoms. The molecule has 0 fully saturated rings. The van der Waals surface area contributed by atoms with E-state index in [-0.39, 0.29) is 0 Å². The molecule has 1 N–H and O–H groups in total. The first kappa shape index (κ1) is 11.9. The van der Waals surface area contributed by atoms with Gasteiger partial charge in [-0.25, -0.2) is 0 Å². The minimum Gasteiger partial charge on any atom is -0.496 e. The van der Waals surface area contributed by atoms with Crippen molar-refractivity contribution in [3.05, 3.63) is 23.3 Å². The molecule has 1 rings (SSSR count). The highest BCUT2D eigenvalue weighted by atomic mass is 16.5. The van der Waals surface area contributed by atoms with Gasteiger partial charge in [-0.2, -0.15) is 0 Å². The first-order valence-electron chi connectivity index (χ1n) is 5.09. The molecule has 0 amide bonds. The predicted molar refractivity (Wildman–Crippen MR) is 59.5 cm³/mol. The lowest BCUT2D eigenvalue weighted by Gasteiger charge is -2.15. The van der Waals surface area contributed by atoms with E-state index in [9.17, 15) is 5.11 Å². The van der Waals surface area contributed by atoms with E-state index in [4.69, 9.17) is 9.47 Å². The van der Waals surface area contributed by atoms with Crippen LogP contribution in [0.15, 0.2) is 12.1 Å². The average molecular weight is 210 g/mol. The van der Waals surface area contributed by atoms with Crippen LogP contribution in [0.5, 0.6) is 11.5 Å². The molecule has 0 heterocycles. The molecule has 0 aliphatic carbocycles. The Bertz CT molecular complexity index is 332. The smallest absolute Gasteiger partial charge is 0.125 e. The summed E-state index contributed by atoms with van der Waals surface area (Å²) in [4.78, 5) is 0. The summed E-state index contributed by atoms with van der Waals surface area (Å²) in [7, 11) is 1.60. The second kappa shape index (κ2) is 5.03. The van der Waals surface area contributed by atoms with E-state index in [1.807, 2.05) is 26.0 Å². The third-order valence-corrected chi connectivity index (χ3v) is 2.28. The molecule has 0 radical (unpaired) electrons. The van der Waals surface area contributed by atoms with E-state index in [0.717, 1.165) is 16.9 Å². The molecule has 1 atom stereocenters. The fourth-order valence-corrected chi connectivity index (χ4v) is 1.49. The number of methoxy groups -OCH3 is 1. The second-order valence-corrected chi connectivity index (χ2v) is 3.47. The van der Waals surface area contributed by atoms with E-state index in [2.05, 4.69) is 0 Å². The van der Waals surface area contributed by atoms with Crippen LogP contribution >= 0.6 is 0 Å². The Morgan fingerprint density at radius 3 is 2.47 bits per heavy atom. The largest absolute Gasteiger partial charge is 0.496 e. The van der Waals surface area contributed by atoms with E-state index in [1.165, 1.54) is 0 Å². The van der Waals surface area contributed by atoms with Crippen LogP contribution in [-0.4, -0.2) is 18.8 Å². The Labute approximate surface area is 90.6 Å². The molecule has 0 saturated heterocycles. The molecule has 0 spiro atoms. The highest BCUT2D eigenvalue weighted by molar-refractivity contribution is 5.46. The maximum absolute atomic E-state index is 9.58. The summed E-state index contributed by atoms with van der Waals surface area (Å²) in [5.41, 5.74) is 1.77. The van der Waals surface area contributed by atoms with Crippen molar-refractivity contribution in [1.82, 2.24) is 0 Å². The number of aliphatic hydroxyl groups excluding tert-OH is 1. The van der Waals surface area contributed by atoms with Crippen molar-refractivity contribution in [3.63, 3.8) is 0 Å². The van der Waals surface area contributed by atoms with Gasteiger partial charge in [0.25, 0.3) is 0 Å². The van der Waals surface area contributed by atoms with Crippen molar-refractivity contribution in [1.29, 1.82) is 0 Å². The Balaban J connectivity index is 3.17. The maximum atomic E-state index is 9.58. The van der Waals surface area contributed by atoms with Crippen molar-refractivity contribution < 1.29 is 14.6 Å². The molecule has 3 heteroatoms. The van der Waals surface area contributed by atoms with Gasteiger partial charge in [-0.15, -0.1) is 0 Å². The SMILES string of the molecule is CCOc1cc(C(C)O)c(OC)cc1C. The van der Waals surface area contributed by atoms with E-state index >= 15 is 0 Å². The van der Waals surface area contributed by atoms with Gasteiger partial charge < -0.3 is 14.6 Å². The van der Waals surface area contributed by atoms with Gasteiger partial charge in [0.2, 0.25) is 0 Å². The quantitative estimate of drug-likeness (QED) is 0.829. The van der Waals surface area contributed by atoms with Crippen molar-refractivity contribution in [3.8, 4) is 11.5 Å². The summed E-state index contributed by atoms with van der Waals surface area (Å²) in [6.45, 7) is 6.22. The topological polar surface area (TPSA) is 38.7 Å². The second-order valence-electron chi connectivity index (χ2n) is 3.47. The zero-order valence-electron chi connectivity index (χ0n) is 9.70. The van der Waals surface area contributed by atoms with Crippen LogP contribution < -0.4 is 9.47 Å². The lowest BCUT2D eigenvalue weighted by atomic mass is 10.1. The van der Waals surface area contributed by atoms with Crippen molar-refractivity contribution in [2.45, 2.75) is 26.9 Å². The van der Waals surface area contributed by atoms with Crippen LogP contribution in [-0.2, 0) is 0 Å². The zero-order chi connectivity index (χ0) is 11.4. The summed E-state index contributed by atoms with van der Waals surface area (Å²) in [5, 5.41) is 9.58. The van der Waals surface area contributed by atoms with Gasteiger partial charge in [0.1, 0.15) is 11.5 Å². The van der Waals surface area contributed by atoms with Crippen LogP contribution in [0.2, 0.25) is 0 Å². The molecule has 0 aliphatic rings. The molecule has 1 aromatic rings. The summed E-state index contributed by atoms with van der Waals surface area (Å²) >= 11 is 0. The van der Waals surface area contributed by atoms with Gasteiger partial charge in [-0.05, 0) is 38.5 Å². The molecule has 15 heavy (non-hydrogen) atoms. The minimum absolute atomic E-state index is 0.556. The molecule has 0 saturated carbocycles. The molecular weight excluding hydrogens is 192 g/mol. The first-order valence-corrected chi connectivity index (χ1v) is 5.09. The first-order chi connectivity index (χ1) is 7.10. The normalized spacial score (nSPS) is 12.3. The van der Waals surface area contributed by atoms with Gasteiger partial charge in [0.15, 0.2) is 0 Å². The fourth-order valence-electron chi connectivity index (χ4n) is 1.49. The van der Waals surface area contributed by atoms with Gasteiger partial charge in [0.05, 0.1) is 19.8 Å². The van der Waals surface area contributed by atoms with E-state index in [0.29, 0.717) is 12.4 Å². The molecule has 1 aromatic carbocycles. The van der Waals surface area contributed by atoms with Gasteiger partial charge in [-0.3, -0.25) is 0 Å². The Morgan fingerprint density at radius 2 is 2.00 bits per heavy atom. The van der Waals surface area contributed by atoms with Crippen LogP contribution in [0.25, 0.3) is 0 Å². The third-order valence-electron chi connectivity index (χ3n) is 2.28. The van der Waals surface area contributed by atoms with Crippen LogP contribution in [0.1, 0.15) is 31.1 Å². The average Bonchev–Trinajstić information content (AvgIpc) is 2.20. The van der Waals surface area contributed by atoms with Crippen molar-refractivity contribution in [2.75, 3.05) is 13.7 Å². The van der Waals surface area contributed by atoms with Gasteiger partial charge >= 0.3 is 0 Å². The van der Waals surface area contributed by atoms with E-state index < -0.39 is 6.10 Å². The van der Waals surface area contributed by atoms with Crippen LogP contribution in [0.3, 0.4) is 0 Å². The third kappa shape index (κ3) is 2.63. The Kier molecular flexibility index (Phi) is 3.97. The van der Waals surface area contributed by atoms with Gasteiger partial charge in [-0.1, -0.05) is 0 Å². The zero-order valence-corrected chi connectivity index (χ0v) is 9.70. The summed E-state index contributed by atoms with van der Waals surface area (Å²) < 4.78 is 10.7. The lowest BCUT2D eigenvalue weighted by molar-refractivity contribution is 0.193. The minimum atomic E-state index is -0.556. The maximum Gasteiger partial charge on any atom is 0.125 e. The molecule has 0 aromatic heterocycles. The standard InChI is InChI=1S/C12H18O3/c1-5-15-11-7-10(9(3)13)12(14-4)6-8(11)2/h6-7,9,13H,5H2,1-4H3. The molecule has 1 unspecified atom stereocenters. The molecular formula is C12H18O3. The molecule has 0 aliphatic heterocycles. The number of hydrogen-bond donors (Lipinski definition) is 1. The summed E-state index contributed by atoms with van der Waals surface area (Å²) in [5.74, 6) is 1.50. The number of ether oxygens (including phenoxy) is 2. The lowest BCUT2D eigenvalue weighted by Crippen LogP contribution is -2.01. The summed E-state index contributed by atoms with van der Waals surface area (Å²) in [6, 6.07) is 3.72. The van der Waals surface area contributed by atoms with E-state index in [1.54, 1.807) is 14.0 Å². The van der Waals surface area contributed by atoms with Crippen LogP contribution in [0, 0.1) is 6.92 Å². The Hall–Kier alpha value is -1.22. The van der Waals surface area contributed by atoms with Crippen molar-refractivity contribution >= 4 is 0 Å².